The molecule has 0 aliphatic carbocycles. The number of fused-ring (bicyclic) bond motifs is 1. The fraction of sp³-hybridized carbons (Fsp3) is 0. The van der Waals surface area contributed by atoms with Gasteiger partial charge in [-0.2, -0.15) is 0 Å². The molecule has 8 aromatic carbocycles. The van der Waals surface area contributed by atoms with E-state index in [0.717, 1.165) is 72.7 Å². The second kappa shape index (κ2) is 13.8. The van der Waals surface area contributed by atoms with Gasteiger partial charge >= 0.3 is 0 Å². The SMILES string of the molecule is c1ccc(-c2ccc(-c3ccccc3N(c3cc(-c4ccccc4)cc(-c4ccccc4)c3)c3ccccc3-c3cc4ccccc4o3)cc2)cc1. The van der Waals surface area contributed by atoms with Crippen LogP contribution in [0.2, 0.25) is 0 Å². The average Bonchev–Trinajstić information content (AvgIpc) is 3.67. The van der Waals surface area contributed by atoms with Gasteiger partial charge in [-0.3, -0.25) is 0 Å². The molecule has 0 amide bonds. The van der Waals surface area contributed by atoms with Crippen LogP contribution >= 0.6 is 0 Å². The van der Waals surface area contributed by atoms with Crippen LogP contribution in [0.4, 0.5) is 17.1 Å². The molecular formula is C50H35NO. The molecule has 0 fully saturated rings. The number of hydrogen-bond donors (Lipinski definition) is 0. The van der Waals surface area contributed by atoms with Crippen LogP contribution in [0.3, 0.4) is 0 Å². The lowest BCUT2D eigenvalue weighted by Gasteiger charge is -2.30. The number of benzene rings is 8. The first-order valence-corrected chi connectivity index (χ1v) is 17.7. The van der Waals surface area contributed by atoms with Crippen molar-refractivity contribution in [3.05, 3.63) is 212 Å². The van der Waals surface area contributed by atoms with E-state index in [-0.39, 0.29) is 0 Å². The van der Waals surface area contributed by atoms with E-state index >= 15 is 0 Å². The molecule has 0 atom stereocenters. The Morgan fingerprint density at radius 3 is 1.35 bits per heavy atom. The van der Waals surface area contributed by atoms with Crippen molar-refractivity contribution in [1.82, 2.24) is 0 Å². The lowest BCUT2D eigenvalue weighted by atomic mass is 9.95. The van der Waals surface area contributed by atoms with E-state index in [1.165, 1.54) is 11.1 Å². The second-order valence-electron chi connectivity index (χ2n) is 13.0. The molecule has 2 heteroatoms. The third-order valence-electron chi connectivity index (χ3n) is 9.67. The molecule has 0 aliphatic heterocycles. The summed E-state index contributed by atoms with van der Waals surface area (Å²) in [6, 6.07) is 75.3. The molecule has 0 aliphatic rings. The standard InChI is InChI=1S/C50H35NO/c1-4-16-36(17-5-1)39-28-30-40(31-29-39)45-23-11-13-25-47(45)51(48-26-14-12-24-46(48)50-35-41-22-10-15-27-49(41)52-50)44-33-42(37-18-6-2-7-19-37)32-43(34-44)38-20-8-3-9-21-38/h1-35H. The predicted octanol–water partition coefficient (Wildman–Crippen LogP) is 14.2. The van der Waals surface area contributed by atoms with E-state index in [9.17, 15) is 0 Å². The summed E-state index contributed by atoms with van der Waals surface area (Å²) in [5.74, 6) is 0.828. The summed E-state index contributed by atoms with van der Waals surface area (Å²) in [4.78, 5) is 2.40. The second-order valence-corrected chi connectivity index (χ2v) is 13.0. The summed E-state index contributed by atoms with van der Waals surface area (Å²) in [5.41, 5.74) is 14.3. The van der Waals surface area contributed by atoms with E-state index in [4.69, 9.17) is 4.42 Å². The summed E-state index contributed by atoms with van der Waals surface area (Å²) < 4.78 is 6.55. The van der Waals surface area contributed by atoms with Gasteiger partial charge in [-0.1, -0.05) is 164 Å². The number of hydrogen-bond acceptors (Lipinski definition) is 2. The maximum atomic E-state index is 6.55. The molecule has 2 nitrogen and oxygen atoms in total. The van der Waals surface area contributed by atoms with Crippen LogP contribution in [0.15, 0.2) is 217 Å². The Balaban J connectivity index is 1.29. The van der Waals surface area contributed by atoms with Crippen molar-refractivity contribution in [3.63, 3.8) is 0 Å². The van der Waals surface area contributed by atoms with E-state index < -0.39 is 0 Å². The van der Waals surface area contributed by atoms with Gasteiger partial charge < -0.3 is 9.32 Å². The minimum atomic E-state index is 0.828. The van der Waals surface area contributed by atoms with Crippen molar-refractivity contribution in [2.75, 3.05) is 4.90 Å². The highest BCUT2D eigenvalue weighted by atomic mass is 16.3. The largest absolute Gasteiger partial charge is 0.456 e. The Kier molecular flexibility index (Phi) is 8.24. The number of rotatable bonds is 8. The van der Waals surface area contributed by atoms with Crippen molar-refractivity contribution in [2.24, 2.45) is 0 Å². The third-order valence-corrected chi connectivity index (χ3v) is 9.67. The van der Waals surface area contributed by atoms with Crippen LogP contribution in [0.5, 0.6) is 0 Å². The first kappa shape index (κ1) is 31.1. The summed E-state index contributed by atoms with van der Waals surface area (Å²) in [6.45, 7) is 0. The topological polar surface area (TPSA) is 16.4 Å². The van der Waals surface area contributed by atoms with Crippen LogP contribution in [-0.4, -0.2) is 0 Å². The van der Waals surface area contributed by atoms with Gasteiger partial charge in [-0.25, -0.2) is 0 Å². The number of para-hydroxylation sites is 3. The lowest BCUT2D eigenvalue weighted by Crippen LogP contribution is -2.12. The van der Waals surface area contributed by atoms with Crippen molar-refractivity contribution in [3.8, 4) is 55.8 Å². The molecule has 1 aromatic heterocycles. The maximum absolute atomic E-state index is 6.55. The highest BCUT2D eigenvalue weighted by Gasteiger charge is 2.23. The molecule has 9 rings (SSSR count). The van der Waals surface area contributed by atoms with E-state index in [0.29, 0.717) is 0 Å². The minimum absolute atomic E-state index is 0.828. The van der Waals surface area contributed by atoms with Crippen LogP contribution in [0.1, 0.15) is 0 Å². The Morgan fingerprint density at radius 1 is 0.308 bits per heavy atom. The summed E-state index contributed by atoms with van der Waals surface area (Å²) in [6.07, 6.45) is 0. The Labute approximate surface area is 304 Å². The van der Waals surface area contributed by atoms with Gasteiger partial charge in [0.1, 0.15) is 11.3 Å². The lowest BCUT2D eigenvalue weighted by molar-refractivity contribution is 0.631. The van der Waals surface area contributed by atoms with Gasteiger partial charge in [0.05, 0.1) is 11.4 Å². The van der Waals surface area contributed by atoms with Gasteiger partial charge in [0.25, 0.3) is 0 Å². The zero-order chi connectivity index (χ0) is 34.7. The molecule has 246 valence electrons. The summed E-state index contributed by atoms with van der Waals surface area (Å²) in [5, 5.41) is 1.08. The molecule has 0 saturated carbocycles. The molecule has 0 bridgehead atoms. The highest BCUT2D eigenvalue weighted by Crippen LogP contribution is 2.47. The average molecular weight is 666 g/mol. The first-order valence-electron chi connectivity index (χ1n) is 17.7. The third kappa shape index (κ3) is 6.08. The van der Waals surface area contributed by atoms with Crippen molar-refractivity contribution in [1.29, 1.82) is 0 Å². The van der Waals surface area contributed by atoms with E-state index in [2.05, 4.69) is 205 Å². The normalized spacial score (nSPS) is 11.1. The molecule has 9 aromatic rings. The molecule has 0 N–H and O–H groups in total. The molecular weight excluding hydrogens is 631 g/mol. The quantitative estimate of drug-likeness (QED) is 0.161. The summed E-state index contributed by atoms with van der Waals surface area (Å²) in [7, 11) is 0. The van der Waals surface area contributed by atoms with Gasteiger partial charge in [0.15, 0.2) is 0 Å². The van der Waals surface area contributed by atoms with E-state index in [1.54, 1.807) is 0 Å². The first-order chi connectivity index (χ1) is 25.8. The number of nitrogens with zero attached hydrogens (tertiary/aromatic N) is 1. The number of furan rings is 1. The van der Waals surface area contributed by atoms with Gasteiger partial charge in [-0.15, -0.1) is 0 Å². The summed E-state index contributed by atoms with van der Waals surface area (Å²) >= 11 is 0. The molecule has 1 heterocycles. The van der Waals surface area contributed by atoms with Crippen molar-refractivity contribution < 1.29 is 4.42 Å². The van der Waals surface area contributed by atoms with E-state index in [1.807, 2.05) is 12.1 Å². The van der Waals surface area contributed by atoms with Gasteiger partial charge in [0, 0.05) is 22.2 Å². The predicted molar refractivity (Wildman–Crippen MR) is 218 cm³/mol. The fourth-order valence-corrected chi connectivity index (χ4v) is 7.12. The Morgan fingerprint density at radius 2 is 0.750 bits per heavy atom. The zero-order valence-electron chi connectivity index (χ0n) is 28.6. The molecule has 0 radical (unpaired) electrons. The maximum Gasteiger partial charge on any atom is 0.137 e. The zero-order valence-corrected chi connectivity index (χ0v) is 28.6. The fourth-order valence-electron chi connectivity index (χ4n) is 7.12. The monoisotopic (exact) mass is 665 g/mol. The minimum Gasteiger partial charge on any atom is -0.456 e. The van der Waals surface area contributed by atoms with Crippen molar-refractivity contribution >= 4 is 28.0 Å². The highest BCUT2D eigenvalue weighted by molar-refractivity contribution is 5.96. The van der Waals surface area contributed by atoms with Gasteiger partial charge in [-0.05, 0) is 87.5 Å². The number of anilines is 3. The van der Waals surface area contributed by atoms with Crippen molar-refractivity contribution in [2.45, 2.75) is 0 Å². The molecule has 0 unspecified atom stereocenters. The molecule has 0 spiro atoms. The molecule has 0 saturated heterocycles. The smallest absolute Gasteiger partial charge is 0.137 e. The van der Waals surface area contributed by atoms with Crippen LogP contribution in [0, 0.1) is 0 Å². The van der Waals surface area contributed by atoms with Crippen LogP contribution < -0.4 is 4.90 Å². The van der Waals surface area contributed by atoms with Crippen LogP contribution in [0.25, 0.3) is 66.8 Å². The Hall–Kier alpha value is -6.90. The Bertz CT molecular complexity index is 2510. The molecule has 52 heavy (non-hydrogen) atoms. The van der Waals surface area contributed by atoms with Crippen LogP contribution in [-0.2, 0) is 0 Å². The van der Waals surface area contributed by atoms with Gasteiger partial charge in [0.2, 0.25) is 0 Å².